The lowest BCUT2D eigenvalue weighted by Crippen LogP contribution is -2.87. The average molecular weight is 422 g/mol. The monoisotopic (exact) mass is 421 g/mol. The van der Waals surface area contributed by atoms with Crippen LogP contribution in [0.2, 0.25) is 0 Å². The number of hydrogen-bond acceptors (Lipinski definition) is 3. The van der Waals surface area contributed by atoms with Crippen molar-refractivity contribution >= 4 is 23.0 Å². The molecule has 3 rings (SSSR count). The zero-order valence-electron chi connectivity index (χ0n) is 17.5. The topological polar surface area (TPSA) is 62.8 Å². The van der Waals surface area contributed by atoms with Crippen molar-refractivity contribution in [2.45, 2.75) is 38.8 Å². The fraction of sp³-hybridized carbons (Fsp3) is 0.280. The van der Waals surface area contributed by atoms with Crippen LogP contribution in [0, 0.1) is 0 Å². The smallest absolute Gasteiger partial charge is 0.275 e. The number of nitrogens with two attached hydrogens (primary N) is 1. The first kappa shape index (κ1) is 21.9. The summed E-state index contributed by atoms with van der Waals surface area (Å²) in [5, 5.41) is 7.02. The number of quaternary nitrogens is 1. The molecule has 0 bridgehead atoms. The lowest BCUT2D eigenvalue weighted by molar-refractivity contribution is -0.676. The van der Waals surface area contributed by atoms with Crippen LogP contribution in [-0.2, 0) is 22.4 Å². The molecule has 2 aromatic carbocycles. The number of hydrogen-bond donors (Lipinski definition) is 2. The zero-order chi connectivity index (χ0) is 21.3. The fourth-order valence-electron chi connectivity index (χ4n) is 3.47. The van der Waals surface area contributed by atoms with Crippen molar-refractivity contribution in [3.63, 3.8) is 0 Å². The SMILES string of the molecule is CCc1ccc([C@H]([NH2+]CC(=O)N[C@@H](Cc2ccccc2)C(C)=O)c2cccs2)cc1. The van der Waals surface area contributed by atoms with Crippen molar-refractivity contribution in [1.29, 1.82) is 0 Å². The van der Waals surface area contributed by atoms with E-state index in [1.54, 1.807) is 11.3 Å². The molecule has 0 aliphatic carbocycles. The minimum Gasteiger partial charge on any atom is -0.341 e. The highest BCUT2D eigenvalue weighted by molar-refractivity contribution is 7.10. The van der Waals surface area contributed by atoms with Crippen LogP contribution in [0.1, 0.15) is 41.5 Å². The Hall–Kier alpha value is -2.76. The molecule has 30 heavy (non-hydrogen) atoms. The maximum Gasteiger partial charge on any atom is 0.275 e. The summed E-state index contributed by atoms with van der Waals surface area (Å²) in [5.74, 6) is -0.157. The molecule has 0 spiro atoms. The Morgan fingerprint density at radius 1 is 0.967 bits per heavy atom. The first-order valence-corrected chi connectivity index (χ1v) is 11.2. The van der Waals surface area contributed by atoms with E-state index in [1.807, 2.05) is 41.7 Å². The van der Waals surface area contributed by atoms with E-state index in [-0.39, 0.29) is 24.3 Å². The van der Waals surface area contributed by atoms with Gasteiger partial charge in [-0.15, -0.1) is 11.3 Å². The average Bonchev–Trinajstić information content (AvgIpc) is 3.29. The number of rotatable bonds is 10. The maximum atomic E-state index is 12.7. The number of benzene rings is 2. The number of thiophene rings is 1. The summed E-state index contributed by atoms with van der Waals surface area (Å²) in [4.78, 5) is 25.9. The molecule has 3 N–H and O–H groups in total. The lowest BCUT2D eigenvalue weighted by Gasteiger charge is -2.18. The van der Waals surface area contributed by atoms with E-state index in [0.29, 0.717) is 6.42 Å². The van der Waals surface area contributed by atoms with Gasteiger partial charge in [0.2, 0.25) is 0 Å². The Morgan fingerprint density at radius 3 is 2.30 bits per heavy atom. The molecule has 3 aromatic rings. The lowest BCUT2D eigenvalue weighted by atomic mass is 10.0. The number of aryl methyl sites for hydroxylation is 1. The third kappa shape index (κ3) is 6.12. The van der Waals surface area contributed by atoms with Crippen LogP contribution in [0.25, 0.3) is 0 Å². The normalized spacial score (nSPS) is 12.9. The number of carbonyl (C=O) groups excluding carboxylic acids is 2. The molecule has 4 nitrogen and oxygen atoms in total. The minimum absolute atomic E-state index is 0.0304. The number of Topliss-reactive ketones (excluding diaryl/α,β-unsaturated/α-hetero) is 1. The second kappa shape index (κ2) is 10.9. The molecule has 0 saturated carbocycles. The molecule has 156 valence electrons. The van der Waals surface area contributed by atoms with E-state index in [4.69, 9.17) is 0 Å². The summed E-state index contributed by atoms with van der Waals surface area (Å²) in [6.07, 6.45) is 1.51. The van der Waals surface area contributed by atoms with Gasteiger partial charge in [0.25, 0.3) is 5.91 Å². The van der Waals surface area contributed by atoms with E-state index >= 15 is 0 Å². The standard InChI is InChI=1S/C25H28N2O2S/c1-3-19-11-13-21(14-12-19)25(23-10-7-15-30-23)26-17-24(29)27-22(18(2)28)16-20-8-5-4-6-9-20/h4-15,22,25-26H,3,16-17H2,1-2H3,(H,27,29)/p+1/t22-,25-/m0/s1. The second-order valence-corrected chi connectivity index (χ2v) is 8.43. The van der Waals surface area contributed by atoms with E-state index in [9.17, 15) is 9.59 Å². The van der Waals surface area contributed by atoms with E-state index in [1.165, 1.54) is 22.9 Å². The predicted octanol–water partition coefficient (Wildman–Crippen LogP) is 3.28. The van der Waals surface area contributed by atoms with Crippen LogP contribution in [-0.4, -0.2) is 24.3 Å². The quantitative estimate of drug-likeness (QED) is 0.528. The highest BCUT2D eigenvalue weighted by atomic mass is 32.1. The molecule has 0 aliphatic rings. The number of amides is 1. The summed E-state index contributed by atoms with van der Waals surface area (Å²) in [6, 6.07) is 22.1. The van der Waals surface area contributed by atoms with Gasteiger partial charge in [-0.2, -0.15) is 0 Å². The molecule has 0 radical (unpaired) electrons. The molecule has 1 aromatic heterocycles. The largest absolute Gasteiger partial charge is 0.341 e. The Kier molecular flexibility index (Phi) is 7.94. The van der Waals surface area contributed by atoms with Gasteiger partial charge < -0.3 is 10.6 Å². The molecule has 0 aliphatic heterocycles. The highest BCUT2D eigenvalue weighted by Crippen LogP contribution is 2.23. The highest BCUT2D eigenvalue weighted by Gasteiger charge is 2.22. The van der Waals surface area contributed by atoms with Gasteiger partial charge in [0, 0.05) is 5.56 Å². The summed E-state index contributed by atoms with van der Waals surface area (Å²) in [7, 11) is 0. The van der Waals surface area contributed by atoms with Gasteiger partial charge in [-0.25, -0.2) is 0 Å². The Balaban J connectivity index is 1.65. The van der Waals surface area contributed by atoms with Gasteiger partial charge in [-0.05, 0) is 42.3 Å². The maximum absolute atomic E-state index is 12.7. The molecule has 5 heteroatoms. The van der Waals surface area contributed by atoms with Crippen LogP contribution in [0.15, 0.2) is 72.1 Å². The van der Waals surface area contributed by atoms with Crippen LogP contribution in [0.3, 0.4) is 0 Å². The van der Waals surface area contributed by atoms with Crippen molar-refractivity contribution in [1.82, 2.24) is 5.32 Å². The summed E-state index contributed by atoms with van der Waals surface area (Å²) >= 11 is 1.69. The summed E-state index contributed by atoms with van der Waals surface area (Å²) in [5.41, 5.74) is 3.51. The summed E-state index contributed by atoms with van der Waals surface area (Å²) in [6.45, 7) is 3.93. The van der Waals surface area contributed by atoms with Crippen molar-refractivity contribution in [2.24, 2.45) is 0 Å². The van der Waals surface area contributed by atoms with E-state index < -0.39 is 6.04 Å². The molecule has 1 heterocycles. The second-order valence-electron chi connectivity index (χ2n) is 7.45. The van der Waals surface area contributed by atoms with Crippen molar-refractivity contribution < 1.29 is 14.9 Å². The van der Waals surface area contributed by atoms with Crippen molar-refractivity contribution in [3.8, 4) is 0 Å². The third-order valence-electron chi connectivity index (χ3n) is 5.24. The Labute approximate surface area is 182 Å². The van der Waals surface area contributed by atoms with Crippen LogP contribution in [0.5, 0.6) is 0 Å². The Morgan fingerprint density at radius 2 is 1.70 bits per heavy atom. The van der Waals surface area contributed by atoms with Crippen LogP contribution >= 0.6 is 11.3 Å². The molecule has 0 unspecified atom stereocenters. The van der Waals surface area contributed by atoms with Gasteiger partial charge in [0.1, 0.15) is 6.04 Å². The van der Waals surface area contributed by atoms with Crippen LogP contribution in [0.4, 0.5) is 0 Å². The fourth-order valence-corrected chi connectivity index (χ4v) is 4.32. The molecule has 0 fully saturated rings. The van der Waals surface area contributed by atoms with Gasteiger partial charge in [-0.3, -0.25) is 9.59 Å². The Bertz CT molecular complexity index is 937. The van der Waals surface area contributed by atoms with Crippen LogP contribution < -0.4 is 10.6 Å². The van der Waals surface area contributed by atoms with E-state index in [2.05, 4.69) is 48.0 Å². The number of ketones is 1. The first-order chi connectivity index (χ1) is 14.6. The van der Waals surface area contributed by atoms with Crippen molar-refractivity contribution in [3.05, 3.63) is 93.7 Å². The summed E-state index contributed by atoms with van der Waals surface area (Å²) < 4.78 is 0. The van der Waals surface area contributed by atoms with Gasteiger partial charge in [-0.1, -0.05) is 67.6 Å². The van der Waals surface area contributed by atoms with Crippen molar-refractivity contribution in [2.75, 3.05) is 6.54 Å². The molecule has 2 atom stereocenters. The number of carbonyl (C=O) groups is 2. The molecular weight excluding hydrogens is 392 g/mol. The van der Waals surface area contributed by atoms with Gasteiger partial charge >= 0.3 is 0 Å². The molecule has 0 saturated heterocycles. The zero-order valence-corrected chi connectivity index (χ0v) is 18.3. The third-order valence-corrected chi connectivity index (χ3v) is 6.20. The predicted molar refractivity (Wildman–Crippen MR) is 122 cm³/mol. The van der Waals surface area contributed by atoms with Gasteiger partial charge in [0.15, 0.2) is 12.3 Å². The minimum atomic E-state index is -0.502. The molecular formula is C25H29N2O2S+. The first-order valence-electron chi connectivity index (χ1n) is 10.4. The van der Waals surface area contributed by atoms with Gasteiger partial charge in [0.05, 0.1) is 10.9 Å². The van der Waals surface area contributed by atoms with E-state index in [0.717, 1.165) is 12.0 Å². The molecule has 1 amide bonds. The number of nitrogens with one attached hydrogen (secondary N) is 1.